The Morgan fingerprint density at radius 3 is 1.90 bits per heavy atom. The molecule has 0 rings (SSSR count). The topological polar surface area (TPSA) is 0 Å². The summed E-state index contributed by atoms with van der Waals surface area (Å²) in [5.41, 5.74) is 0. The monoisotopic (exact) mass is 161 g/mol. The maximum atomic E-state index is 11.9. The van der Waals surface area contributed by atoms with Gasteiger partial charge in [-0.15, -0.1) is 0 Å². The van der Waals surface area contributed by atoms with E-state index in [0.29, 0.717) is 0 Å². The zero-order valence-corrected chi connectivity index (χ0v) is 4.91. The fourth-order valence-electron chi connectivity index (χ4n) is 0.379. The van der Waals surface area contributed by atoms with E-state index in [-0.39, 0.29) is 0 Å². The summed E-state index contributed by atoms with van der Waals surface area (Å²) in [4.78, 5) is 0. The first-order valence-electron chi connectivity index (χ1n) is 2.57. The van der Waals surface area contributed by atoms with Gasteiger partial charge in [-0.1, -0.05) is 0 Å². The fraction of sp³-hybridized carbons (Fsp3) is 0.800. The Morgan fingerprint density at radius 1 is 1.10 bits per heavy atom. The van der Waals surface area contributed by atoms with Crippen LogP contribution in [0.15, 0.2) is 0 Å². The van der Waals surface area contributed by atoms with Crippen molar-refractivity contribution in [2.24, 2.45) is 0 Å². The van der Waals surface area contributed by atoms with Crippen LogP contribution in [-0.2, 0) is 0 Å². The van der Waals surface area contributed by atoms with Crippen molar-refractivity contribution in [2.45, 2.75) is 25.2 Å². The van der Waals surface area contributed by atoms with Crippen LogP contribution >= 0.6 is 0 Å². The van der Waals surface area contributed by atoms with Gasteiger partial charge in [0.25, 0.3) is 0 Å². The minimum Gasteiger partial charge on any atom is -0.244 e. The molecule has 0 nitrogen and oxygen atoms in total. The third-order valence-electron chi connectivity index (χ3n) is 0.869. The van der Waals surface area contributed by atoms with E-state index in [4.69, 9.17) is 0 Å². The lowest BCUT2D eigenvalue weighted by atomic mass is 10.2. The van der Waals surface area contributed by atoms with Crippen molar-refractivity contribution in [3.8, 4) is 0 Å². The first-order valence-corrected chi connectivity index (χ1v) is 2.57. The van der Waals surface area contributed by atoms with Crippen LogP contribution in [0.1, 0.15) is 6.42 Å². The van der Waals surface area contributed by atoms with E-state index in [9.17, 15) is 22.0 Å². The molecule has 61 valence electrons. The molecule has 10 heavy (non-hydrogen) atoms. The zero-order chi connectivity index (χ0) is 8.15. The van der Waals surface area contributed by atoms with Crippen LogP contribution in [0, 0.1) is 6.67 Å². The molecule has 0 saturated heterocycles. The van der Waals surface area contributed by atoms with Gasteiger partial charge in [-0.05, 0) is 0 Å². The van der Waals surface area contributed by atoms with Crippen molar-refractivity contribution in [1.29, 1.82) is 0 Å². The van der Waals surface area contributed by atoms with Crippen LogP contribution in [0.25, 0.3) is 0 Å². The van der Waals surface area contributed by atoms with E-state index in [1.807, 2.05) is 0 Å². The second-order valence-electron chi connectivity index (χ2n) is 1.71. The summed E-state index contributed by atoms with van der Waals surface area (Å²) >= 11 is 0. The van der Waals surface area contributed by atoms with E-state index in [0.717, 1.165) is 0 Å². The van der Waals surface area contributed by atoms with Gasteiger partial charge in [0.2, 0.25) is 6.43 Å². The molecule has 0 N–H and O–H groups in total. The quantitative estimate of drug-likeness (QED) is 0.555. The largest absolute Gasteiger partial charge is 0.244 e. The lowest BCUT2D eigenvalue weighted by Crippen LogP contribution is -2.19. The molecule has 0 fully saturated rings. The molecular formula is C5H6F5. The highest BCUT2D eigenvalue weighted by Crippen LogP contribution is 2.15. The van der Waals surface area contributed by atoms with E-state index < -0.39 is 31.9 Å². The van der Waals surface area contributed by atoms with Crippen LogP contribution in [0.4, 0.5) is 22.0 Å². The predicted octanol–water partition coefficient (Wildman–Crippen LogP) is 2.45. The number of hydrogen-bond donors (Lipinski definition) is 0. The first kappa shape index (κ1) is 9.65. The molecule has 0 aromatic rings. The Morgan fingerprint density at radius 2 is 1.60 bits per heavy atom. The van der Waals surface area contributed by atoms with Crippen LogP contribution in [-0.4, -0.2) is 18.8 Å². The van der Waals surface area contributed by atoms with Crippen molar-refractivity contribution in [3.63, 3.8) is 0 Å². The molecule has 0 bridgehead atoms. The van der Waals surface area contributed by atoms with Crippen molar-refractivity contribution < 1.29 is 22.0 Å². The summed E-state index contributed by atoms with van der Waals surface area (Å²) in [6, 6.07) is 0. The Balaban J connectivity index is 3.50. The summed E-state index contributed by atoms with van der Waals surface area (Å²) in [5.74, 6) is 0. The van der Waals surface area contributed by atoms with Gasteiger partial charge in [-0.3, -0.25) is 0 Å². The smallest absolute Gasteiger partial charge is 0.241 e. The summed E-state index contributed by atoms with van der Waals surface area (Å²) < 4.78 is 57.2. The summed E-state index contributed by atoms with van der Waals surface area (Å²) in [6.07, 6.45) is -9.17. The minimum absolute atomic E-state index is 0.576. The maximum Gasteiger partial charge on any atom is 0.241 e. The molecule has 1 radical (unpaired) electrons. The van der Waals surface area contributed by atoms with E-state index in [1.54, 1.807) is 0 Å². The predicted molar refractivity (Wildman–Crippen MR) is 25.8 cm³/mol. The summed E-state index contributed by atoms with van der Waals surface area (Å²) in [5, 5.41) is 0. The zero-order valence-electron chi connectivity index (χ0n) is 4.91. The molecule has 0 aromatic heterocycles. The lowest BCUT2D eigenvalue weighted by molar-refractivity contribution is 0.0668. The van der Waals surface area contributed by atoms with Crippen molar-refractivity contribution >= 4 is 0 Å². The Labute approximate surface area is 55.0 Å². The molecule has 2 unspecified atom stereocenters. The SMILES string of the molecule is F[CH]C(F)C(F)CC(F)F. The molecular weight excluding hydrogens is 155 g/mol. The molecule has 2 atom stereocenters. The molecule has 0 saturated carbocycles. The maximum absolute atomic E-state index is 11.9. The lowest BCUT2D eigenvalue weighted by Gasteiger charge is -2.07. The Hall–Kier alpha value is -0.350. The number of alkyl halides is 4. The molecule has 0 spiro atoms. The molecule has 0 amide bonds. The van der Waals surface area contributed by atoms with Gasteiger partial charge in [0, 0.05) is 6.42 Å². The van der Waals surface area contributed by atoms with E-state index in [1.165, 1.54) is 0 Å². The minimum atomic E-state index is -2.94. The number of halogens is 5. The van der Waals surface area contributed by atoms with Gasteiger partial charge in [0.1, 0.15) is 6.17 Å². The third kappa shape index (κ3) is 3.63. The molecule has 0 aromatic carbocycles. The summed E-state index contributed by atoms with van der Waals surface area (Å²) in [6.45, 7) is -0.576. The van der Waals surface area contributed by atoms with Crippen LogP contribution in [0.5, 0.6) is 0 Å². The van der Waals surface area contributed by atoms with Crippen molar-refractivity contribution in [2.75, 3.05) is 0 Å². The molecule has 0 aliphatic carbocycles. The van der Waals surface area contributed by atoms with Crippen LogP contribution in [0.2, 0.25) is 0 Å². The average Bonchev–Trinajstić information content (AvgIpc) is 1.85. The Kier molecular flexibility index (Phi) is 4.31. The van der Waals surface area contributed by atoms with Crippen molar-refractivity contribution in [3.05, 3.63) is 6.67 Å². The average molecular weight is 161 g/mol. The first-order chi connectivity index (χ1) is 4.57. The van der Waals surface area contributed by atoms with Gasteiger partial charge >= 0.3 is 0 Å². The Bertz CT molecular complexity index is 84.1. The second kappa shape index (κ2) is 4.46. The number of hydrogen-bond acceptors (Lipinski definition) is 0. The van der Waals surface area contributed by atoms with E-state index >= 15 is 0 Å². The van der Waals surface area contributed by atoms with Crippen molar-refractivity contribution in [1.82, 2.24) is 0 Å². The van der Waals surface area contributed by atoms with Gasteiger partial charge in [0.15, 0.2) is 12.8 Å². The number of rotatable bonds is 4. The highest BCUT2D eigenvalue weighted by atomic mass is 19.3. The van der Waals surface area contributed by atoms with Gasteiger partial charge in [-0.2, -0.15) is 0 Å². The highest BCUT2D eigenvalue weighted by Gasteiger charge is 2.24. The fourth-order valence-corrected chi connectivity index (χ4v) is 0.379. The normalized spacial score (nSPS) is 17.4. The van der Waals surface area contributed by atoms with Gasteiger partial charge in [0.05, 0.1) is 0 Å². The third-order valence-corrected chi connectivity index (χ3v) is 0.869. The van der Waals surface area contributed by atoms with Gasteiger partial charge in [-0.25, -0.2) is 22.0 Å². The van der Waals surface area contributed by atoms with Gasteiger partial charge < -0.3 is 0 Å². The highest BCUT2D eigenvalue weighted by molar-refractivity contribution is 4.74. The van der Waals surface area contributed by atoms with E-state index in [2.05, 4.69) is 0 Å². The van der Waals surface area contributed by atoms with Crippen LogP contribution < -0.4 is 0 Å². The molecule has 0 heterocycles. The second-order valence-corrected chi connectivity index (χ2v) is 1.71. The van der Waals surface area contributed by atoms with Crippen LogP contribution in [0.3, 0.4) is 0 Å². The molecule has 0 aliphatic rings. The molecule has 5 heteroatoms. The standard InChI is InChI=1S/C5H6F5/c6-2-4(8)3(7)1-5(9)10/h2-5H,1H2. The summed E-state index contributed by atoms with van der Waals surface area (Å²) in [7, 11) is 0. The molecule has 0 aliphatic heterocycles.